The zero-order valence-electron chi connectivity index (χ0n) is 14.7. The second-order valence-corrected chi connectivity index (χ2v) is 5.43. The van der Waals surface area contributed by atoms with Crippen molar-refractivity contribution < 1.29 is 9.47 Å². The van der Waals surface area contributed by atoms with Crippen molar-refractivity contribution in [2.45, 2.75) is 19.8 Å². The number of nitrogens with one attached hydrogen (secondary N) is 1. The van der Waals surface area contributed by atoms with Gasteiger partial charge in [-0.15, -0.1) is 0 Å². The zero-order chi connectivity index (χ0) is 17.5. The van der Waals surface area contributed by atoms with Crippen LogP contribution in [-0.2, 0) is 0 Å². The van der Waals surface area contributed by atoms with Gasteiger partial charge < -0.3 is 25.4 Å². The molecule has 0 aliphatic heterocycles. The third kappa shape index (κ3) is 3.98. The van der Waals surface area contributed by atoms with E-state index in [1.165, 1.54) is 6.33 Å². The van der Waals surface area contributed by atoms with Crippen LogP contribution in [0.5, 0.6) is 11.5 Å². The highest BCUT2D eigenvalue weighted by molar-refractivity contribution is 5.80. The van der Waals surface area contributed by atoms with E-state index in [1.54, 1.807) is 14.2 Å². The Bertz CT molecular complexity index is 678. The summed E-state index contributed by atoms with van der Waals surface area (Å²) in [4.78, 5) is 10.6. The van der Waals surface area contributed by atoms with Gasteiger partial charge in [-0.1, -0.05) is 13.3 Å². The first kappa shape index (κ1) is 17.7. The Morgan fingerprint density at radius 2 is 2.00 bits per heavy atom. The predicted octanol–water partition coefficient (Wildman–Crippen LogP) is 3.06. The number of unbranched alkanes of at least 4 members (excludes halogenated alkanes) is 1. The summed E-state index contributed by atoms with van der Waals surface area (Å²) >= 11 is 0. The minimum absolute atomic E-state index is 0.501. The largest absolute Gasteiger partial charge is 0.497 e. The van der Waals surface area contributed by atoms with Gasteiger partial charge in [0.15, 0.2) is 11.6 Å². The molecule has 0 amide bonds. The number of ether oxygens (including phenoxy) is 2. The SMILES string of the molecule is CCCCN(C)c1ncnc(Nc2cc(OC)ccc2OC)c1N. The molecule has 0 spiro atoms. The lowest BCUT2D eigenvalue weighted by molar-refractivity contribution is 0.405. The van der Waals surface area contributed by atoms with E-state index in [-0.39, 0.29) is 0 Å². The number of aromatic nitrogens is 2. The van der Waals surface area contributed by atoms with E-state index in [9.17, 15) is 0 Å². The summed E-state index contributed by atoms with van der Waals surface area (Å²) in [6.45, 7) is 3.04. The number of nitrogens with zero attached hydrogens (tertiary/aromatic N) is 3. The van der Waals surface area contributed by atoms with Crippen LogP contribution in [0.15, 0.2) is 24.5 Å². The van der Waals surface area contributed by atoms with Crippen LogP contribution in [0.4, 0.5) is 23.0 Å². The van der Waals surface area contributed by atoms with E-state index in [2.05, 4.69) is 22.2 Å². The normalized spacial score (nSPS) is 10.3. The number of methoxy groups -OCH3 is 2. The zero-order valence-corrected chi connectivity index (χ0v) is 14.7. The Balaban J connectivity index is 2.30. The lowest BCUT2D eigenvalue weighted by atomic mass is 10.2. The lowest BCUT2D eigenvalue weighted by Crippen LogP contribution is -2.21. The van der Waals surface area contributed by atoms with Crippen LogP contribution < -0.4 is 25.4 Å². The van der Waals surface area contributed by atoms with Crippen molar-refractivity contribution in [3.8, 4) is 11.5 Å². The maximum atomic E-state index is 6.26. The minimum Gasteiger partial charge on any atom is -0.497 e. The summed E-state index contributed by atoms with van der Waals surface area (Å²) in [6, 6.07) is 5.49. The van der Waals surface area contributed by atoms with Gasteiger partial charge in [0, 0.05) is 19.7 Å². The van der Waals surface area contributed by atoms with Gasteiger partial charge in [-0.25, -0.2) is 9.97 Å². The molecule has 0 saturated carbocycles. The molecule has 1 aromatic carbocycles. The third-order valence-electron chi connectivity index (χ3n) is 3.73. The Labute approximate surface area is 142 Å². The summed E-state index contributed by atoms with van der Waals surface area (Å²) in [5.41, 5.74) is 7.49. The molecule has 1 heterocycles. The summed E-state index contributed by atoms with van der Waals surface area (Å²) in [6.07, 6.45) is 3.69. The van der Waals surface area contributed by atoms with Crippen molar-refractivity contribution in [2.24, 2.45) is 0 Å². The summed E-state index contributed by atoms with van der Waals surface area (Å²) < 4.78 is 10.6. The van der Waals surface area contributed by atoms with E-state index in [4.69, 9.17) is 15.2 Å². The molecular formula is C17H25N5O2. The fraction of sp³-hybridized carbons (Fsp3) is 0.412. The molecule has 0 aliphatic carbocycles. The molecule has 7 heteroatoms. The van der Waals surface area contributed by atoms with Gasteiger partial charge in [-0.3, -0.25) is 0 Å². The van der Waals surface area contributed by atoms with E-state index in [0.717, 1.165) is 25.1 Å². The molecule has 0 aliphatic rings. The lowest BCUT2D eigenvalue weighted by Gasteiger charge is -2.21. The van der Waals surface area contributed by atoms with Crippen molar-refractivity contribution in [2.75, 3.05) is 43.8 Å². The Kier molecular flexibility index (Phi) is 6.06. The fourth-order valence-electron chi connectivity index (χ4n) is 2.33. The summed E-state index contributed by atoms with van der Waals surface area (Å²) in [7, 11) is 5.20. The summed E-state index contributed by atoms with van der Waals surface area (Å²) in [5, 5.41) is 3.21. The Morgan fingerprint density at radius 3 is 2.67 bits per heavy atom. The minimum atomic E-state index is 0.501. The van der Waals surface area contributed by atoms with Crippen LogP contribution in [0.3, 0.4) is 0 Å². The maximum absolute atomic E-state index is 6.26. The first-order valence-electron chi connectivity index (χ1n) is 7.91. The molecule has 130 valence electrons. The number of benzene rings is 1. The van der Waals surface area contributed by atoms with Crippen LogP contribution in [0, 0.1) is 0 Å². The van der Waals surface area contributed by atoms with E-state index in [0.29, 0.717) is 28.8 Å². The van der Waals surface area contributed by atoms with E-state index >= 15 is 0 Å². The molecule has 0 fully saturated rings. The third-order valence-corrected chi connectivity index (χ3v) is 3.73. The molecule has 0 bridgehead atoms. The second-order valence-electron chi connectivity index (χ2n) is 5.43. The molecule has 24 heavy (non-hydrogen) atoms. The summed E-state index contributed by atoms with van der Waals surface area (Å²) in [5.74, 6) is 2.64. The maximum Gasteiger partial charge on any atom is 0.159 e. The van der Waals surface area contributed by atoms with Crippen molar-refractivity contribution in [3.63, 3.8) is 0 Å². The average molecular weight is 331 g/mol. The molecule has 2 aromatic rings. The van der Waals surface area contributed by atoms with Crippen LogP contribution in [0.25, 0.3) is 0 Å². The first-order valence-corrected chi connectivity index (χ1v) is 7.91. The highest BCUT2D eigenvalue weighted by Gasteiger charge is 2.14. The number of hydrogen-bond donors (Lipinski definition) is 2. The smallest absolute Gasteiger partial charge is 0.159 e. The van der Waals surface area contributed by atoms with Crippen molar-refractivity contribution in [1.29, 1.82) is 0 Å². The van der Waals surface area contributed by atoms with Gasteiger partial charge in [0.1, 0.15) is 23.5 Å². The van der Waals surface area contributed by atoms with Crippen molar-refractivity contribution >= 4 is 23.0 Å². The van der Waals surface area contributed by atoms with E-state index in [1.807, 2.05) is 30.1 Å². The average Bonchev–Trinajstić information content (AvgIpc) is 2.61. The van der Waals surface area contributed by atoms with Crippen LogP contribution in [-0.4, -0.2) is 37.8 Å². The number of rotatable bonds is 8. The molecule has 0 atom stereocenters. The Morgan fingerprint density at radius 1 is 1.21 bits per heavy atom. The predicted molar refractivity (Wildman–Crippen MR) is 97.5 cm³/mol. The molecule has 0 saturated heterocycles. The molecule has 0 radical (unpaired) electrons. The van der Waals surface area contributed by atoms with Gasteiger partial charge in [-0.05, 0) is 18.6 Å². The van der Waals surface area contributed by atoms with E-state index < -0.39 is 0 Å². The fourth-order valence-corrected chi connectivity index (χ4v) is 2.33. The number of nitrogen functional groups attached to an aromatic ring is 1. The van der Waals surface area contributed by atoms with Crippen LogP contribution >= 0.6 is 0 Å². The monoisotopic (exact) mass is 331 g/mol. The van der Waals surface area contributed by atoms with Crippen molar-refractivity contribution in [1.82, 2.24) is 9.97 Å². The first-order chi connectivity index (χ1) is 11.6. The van der Waals surface area contributed by atoms with Gasteiger partial charge in [0.05, 0.1) is 19.9 Å². The number of nitrogens with two attached hydrogens (primary N) is 1. The topological polar surface area (TPSA) is 85.5 Å². The molecule has 0 unspecified atom stereocenters. The standard InChI is InChI=1S/C17H25N5O2/c1-5-6-9-22(2)17-15(18)16(19-11-20-17)21-13-10-12(23-3)7-8-14(13)24-4/h7-8,10-11H,5-6,9,18H2,1-4H3,(H,19,20,21). The molecule has 2 rings (SSSR count). The molecule has 1 aromatic heterocycles. The number of anilines is 4. The molecule has 3 N–H and O–H groups in total. The quantitative estimate of drug-likeness (QED) is 0.769. The highest BCUT2D eigenvalue weighted by atomic mass is 16.5. The van der Waals surface area contributed by atoms with Gasteiger partial charge in [-0.2, -0.15) is 0 Å². The van der Waals surface area contributed by atoms with Gasteiger partial charge in [0.2, 0.25) is 0 Å². The van der Waals surface area contributed by atoms with Crippen molar-refractivity contribution in [3.05, 3.63) is 24.5 Å². The Hall–Kier alpha value is -2.70. The van der Waals surface area contributed by atoms with Crippen LogP contribution in [0.2, 0.25) is 0 Å². The van der Waals surface area contributed by atoms with Crippen LogP contribution in [0.1, 0.15) is 19.8 Å². The van der Waals surface area contributed by atoms with Gasteiger partial charge >= 0.3 is 0 Å². The molecule has 7 nitrogen and oxygen atoms in total. The number of hydrogen-bond acceptors (Lipinski definition) is 7. The highest BCUT2D eigenvalue weighted by Crippen LogP contribution is 2.34. The van der Waals surface area contributed by atoms with Gasteiger partial charge in [0.25, 0.3) is 0 Å². The molecular weight excluding hydrogens is 306 g/mol. The second kappa shape index (κ2) is 8.24.